The third-order valence-electron chi connectivity index (χ3n) is 2.49. The summed E-state index contributed by atoms with van der Waals surface area (Å²) in [5.74, 6) is 0. The minimum atomic E-state index is -0.482. The van der Waals surface area contributed by atoms with Gasteiger partial charge in [-0.3, -0.25) is 10.1 Å². The molecule has 0 spiro atoms. The van der Waals surface area contributed by atoms with Gasteiger partial charge in [-0.05, 0) is 6.07 Å². The molecular weight excluding hydrogens is 252 g/mol. The summed E-state index contributed by atoms with van der Waals surface area (Å²) in [4.78, 5) is 14.3. The van der Waals surface area contributed by atoms with Crippen molar-refractivity contribution in [1.82, 2.24) is 10.1 Å². The zero-order valence-corrected chi connectivity index (χ0v) is 9.57. The zero-order valence-electron chi connectivity index (χ0n) is 9.57. The monoisotopic (exact) mass is 260 g/mol. The zero-order chi connectivity index (χ0) is 13.2. The number of nitro benzene ring substituents is 1. The van der Waals surface area contributed by atoms with E-state index in [2.05, 4.69) is 20.0 Å². The lowest BCUT2D eigenvalue weighted by atomic mass is 10.3. The summed E-state index contributed by atoms with van der Waals surface area (Å²) in [6.07, 6.45) is 1.46. The Morgan fingerprint density at radius 2 is 2.26 bits per heavy atom. The van der Waals surface area contributed by atoms with E-state index in [1.54, 1.807) is 6.07 Å². The van der Waals surface area contributed by atoms with Gasteiger partial charge in [-0.25, -0.2) is 0 Å². The van der Waals surface area contributed by atoms with Gasteiger partial charge in [-0.2, -0.15) is 4.98 Å². The molecular formula is C11H8N4O4. The van der Waals surface area contributed by atoms with E-state index in [4.69, 9.17) is 4.42 Å². The molecule has 0 amide bonds. The fraction of sp³-hybridized carbons (Fsp3) is 0.0909. The van der Waals surface area contributed by atoms with Crippen LogP contribution in [0.5, 0.6) is 0 Å². The van der Waals surface area contributed by atoms with Gasteiger partial charge >= 0.3 is 0 Å². The second-order valence-corrected chi connectivity index (χ2v) is 3.77. The topological polar surface area (TPSA) is 107 Å². The summed E-state index contributed by atoms with van der Waals surface area (Å²) in [6, 6.07) is 6.24. The molecule has 19 heavy (non-hydrogen) atoms. The quantitative estimate of drug-likeness (QED) is 0.566. The number of oxazole rings is 1. The summed E-state index contributed by atoms with van der Waals surface area (Å²) in [6.45, 7) is 0.394. The molecule has 0 unspecified atom stereocenters. The number of hydrogen-bond donors (Lipinski definition) is 1. The fourth-order valence-corrected chi connectivity index (χ4v) is 1.60. The number of fused-ring (bicyclic) bond motifs is 1. The summed E-state index contributed by atoms with van der Waals surface area (Å²) in [5.41, 5.74) is 1.57. The number of rotatable bonds is 4. The number of nitrogens with zero attached hydrogens (tertiary/aromatic N) is 3. The van der Waals surface area contributed by atoms with Crippen LogP contribution in [0.2, 0.25) is 0 Å². The summed E-state index contributed by atoms with van der Waals surface area (Å²) < 4.78 is 10.1. The molecule has 3 rings (SSSR count). The molecule has 3 aromatic rings. The standard InChI is InChI=1S/C11H8N4O4/c16-15(17)8-1-2-9-10(5-8)19-11(13-9)12-6-7-3-4-18-14-7/h1-5H,6H2,(H,12,13). The first kappa shape index (κ1) is 11.2. The number of nitro groups is 1. The fourth-order valence-electron chi connectivity index (χ4n) is 1.60. The molecule has 0 atom stereocenters. The first-order chi connectivity index (χ1) is 9.22. The average molecular weight is 260 g/mol. The molecule has 1 N–H and O–H groups in total. The molecule has 0 aliphatic rings. The Kier molecular flexibility index (Phi) is 2.60. The van der Waals surface area contributed by atoms with Crippen molar-refractivity contribution < 1.29 is 13.9 Å². The van der Waals surface area contributed by atoms with E-state index in [0.717, 1.165) is 0 Å². The minimum absolute atomic E-state index is 0.0355. The van der Waals surface area contributed by atoms with E-state index in [0.29, 0.717) is 23.3 Å². The molecule has 8 heteroatoms. The number of aromatic nitrogens is 2. The highest BCUT2D eigenvalue weighted by Crippen LogP contribution is 2.23. The van der Waals surface area contributed by atoms with E-state index in [-0.39, 0.29) is 11.7 Å². The van der Waals surface area contributed by atoms with Gasteiger partial charge in [0.2, 0.25) is 0 Å². The van der Waals surface area contributed by atoms with Crippen molar-refractivity contribution in [2.24, 2.45) is 0 Å². The summed E-state index contributed by atoms with van der Waals surface area (Å²) in [5, 5.41) is 17.3. The van der Waals surface area contributed by atoms with Crippen molar-refractivity contribution in [3.63, 3.8) is 0 Å². The first-order valence-electron chi connectivity index (χ1n) is 5.40. The highest BCUT2D eigenvalue weighted by Gasteiger charge is 2.11. The predicted molar refractivity (Wildman–Crippen MR) is 64.5 cm³/mol. The van der Waals surface area contributed by atoms with Crippen molar-refractivity contribution in [3.05, 3.63) is 46.3 Å². The van der Waals surface area contributed by atoms with Crippen LogP contribution in [0.3, 0.4) is 0 Å². The molecule has 0 aliphatic carbocycles. The second kappa shape index (κ2) is 4.41. The number of benzene rings is 1. The number of non-ortho nitro benzene ring substituents is 1. The Hall–Kier alpha value is -2.90. The van der Waals surface area contributed by atoms with Gasteiger partial charge in [0, 0.05) is 12.1 Å². The average Bonchev–Trinajstić information content (AvgIpc) is 3.04. The van der Waals surface area contributed by atoms with Crippen LogP contribution in [0.15, 0.2) is 39.5 Å². The largest absolute Gasteiger partial charge is 0.423 e. The highest BCUT2D eigenvalue weighted by atomic mass is 16.6. The van der Waals surface area contributed by atoms with Crippen molar-refractivity contribution >= 4 is 22.8 Å². The van der Waals surface area contributed by atoms with Gasteiger partial charge in [0.15, 0.2) is 5.58 Å². The third kappa shape index (κ3) is 2.23. The summed E-state index contributed by atoms with van der Waals surface area (Å²) >= 11 is 0. The van der Waals surface area contributed by atoms with Crippen LogP contribution >= 0.6 is 0 Å². The molecule has 0 fully saturated rings. The second-order valence-electron chi connectivity index (χ2n) is 3.77. The maximum Gasteiger partial charge on any atom is 0.296 e. The van der Waals surface area contributed by atoms with Crippen LogP contribution in [0, 0.1) is 10.1 Å². The lowest BCUT2D eigenvalue weighted by molar-refractivity contribution is -0.384. The number of nitrogens with one attached hydrogen (secondary N) is 1. The highest BCUT2D eigenvalue weighted by molar-refractivity contribution is 5.77. The van der Waals surface area contributed by atoms with Gasteiger partial charge in [0.25, 0.3) is 11.7 Å². The molecule has 0 saturated carbocycles. The molecule has 2 heterocycles. The van der Waals surface area contributed by atoms with Crippen LogP contribution in [0.1, 0.15) is 5.69 Å². The number of hydrogen-bond acceptors (Lipinski definition) is 7. The lowest BCUT2D eigenvalue weighted by Crippen LogP contribution is -1.99. The Balaban J connectivity index is 1.83. The van der Waals surface area contributed by atoms with Gasteiger partial charge < -0.3 is 14.3 Å². The van der Waals surface area contributed by atoms with E-state index in [1.807, 2.05) is 0 Å². The molecule has 8 nitrogen and oxygen atoms in total. The maximum absolute atomic E-state index is 10.6. The van der Waals surface area contributed by atoms with E-state index < -0.39 is 4.92 Å². The van der Waals surface area contributed by atoms with Gasteiger partial charge in [0.1, 0.15) is 17.5 Å². The van der Waals surface area contributed by atoms with E-state index >= 15 is 0 Å². The minimum Gasteiger partial charge on any atom is -0.423 e. The Labute approximate surface area is 106 Å². The first-order valence-corrected chi connectivity index (χ1v) is 5.40. The smallest absolute Gasteiger partial charge is 0.296 e. The van der Waals surface area contributed by atoms with Gasteiger partial charge in [-0.15, -0.1) is 0 Å². The molecule has 0 aliphatic heterocycles. The van der Waals surface area contributed by atoms with Gasteiger partial charge in [0.05, 0.1) is 17.5 Å². The predicted octanol–water partition coefficient (Wildman–Crippen LogP) is 2.34. The van der Waals surface area contributed by atoms with Crippen LogP contribution in [0.25, 0.3) is 11.1 Å². The molecule has 2 aromatic heterocycles. The number of anilines is 1. The SMILES string of the molecule is O=[N+]([O-])c1ccc2nc(NCc3ccon3)oc2c1. The molecule has 96 valence electrons. The molecule has 0 saturated heterocycles. The normalized spacial score (nSPS) is 10.7. The van der Waals surface area contributed by atoms with Crippen LogP contribution in [-0.2, 0) is 6.54 Å². The van der Waals surface area contributed by atoms with E-state index in [9.17, 15) is 10.1 Å². The van der Waals surface area contributed by atoms with Crippen LogP contribution in [-0.4, -0.2) is 15.1 Å². The Morgan fingerprint density at radius 3 is 3.00 bits per heavy atom. The van der Waals surface area contributed by atoms with Crippen molar-refractivity contribution in [1.29, 1.82) is 0 Å². The maximum atomic E-state index is 10.6. The third-order valence-corrected chi connectivity index (χ3v) is 2.49. The summed E-state index contributed by atoms with van der Waals surface area (Å²) in [7, 11) is 0. The Morgan fingerprint density at radius 1 is 1.37 bits per heavy atom. The van der Waals surface area contributed by atoms with Crippen LogP contribution < -0.4 is 5.32 Å². The van der Waals surface area contributed by atoms with Crippen molar-refractivity contribution in [3.8, 4) is 0 Å². The Bertz CT molecular complexity index is 719. The lowest BCUT2D eigenvalue weighted by Gasteiger charge is -1.95. The van der Waals surface area contributed by atoms with Crippen molar-refractivity contribution in [2.45, 2.75) is 6.54 Å². The van der Waals surface area contributed by atoms with E-state index in [1.165, 1.54) is 24.5 Å². The molecule has 1 aromatic carbocycles. The molecule has 0 bridgehead atoms. The van der Waals surface area contributed by atoms with Crippen LogP contribution in [0.4, 0.5) is 11.7 Å². The van der Waals surface area contributed by atoms with Gasteiger partial charge in [-0.1, -0.05) is 5.16 Å². The van der Waals surface area contributed by atoms with Crippen molar-refractivity contribution in [2.75, 3.05) is 5.32 Å². The molecule has 0 radical (unpaired) electrons.